The lowest BCUT2D eigenvalue weighted by Crippen LogP contribution is -2.18. The molecule has 0 aliphatic rings. The van der Waals surface area contributed by atoms with Crippen molar-refractivity contribution in [2.24, 2.45) is 21.1 Å². The highest BCUT2D eigenvalue weighted by Crippen LogP contribution is 2.15. The standard InChI is InChI=1S/C20H23N7O5/c1-25-8-4-5-15(25)24-17(29)7-6-16(28)22-14-11-27(3)18(23-14)19(30)21-12-9-13(20(31)32)26(2)10-12/h4-5,8-11H,6-7H2,1-3H3,(H,21,30)(H,22,28)(H,24,29)(H,31,32). The molecule has 0 aliphatic carbocycles. The van der Waals surface area contributed by atoms with E-state index in [1.165, 1.54) is 27.6 Å². The Morgan fingerprint density at radius 1 is 0.938 bits per heavy atom. The second-order valence-corrected chi connectivity index (χ2v) is 7.15. The van der Waals surface area contributed by atoms with E-state index in [2.05, 4.69) is 20.9 Å². The predicted molar refractivity (Wildman–Crippen MR) is 115 cm³/mol. The molecular weight excluding hydrogens is 418 g/mol. The summed E-state index contributed by atoms with van der Waals surface area (Å²) < 4.78 is 4.54. The Balaban J connectivity index is 1.55. The molecule has 0 spiro atoms. The third kappa shape index (κ3) is 5.22. The third-order valence-corrected chi connectivity index (χ3v) is 4.62. The first-order chi connectivity index (χ1) is 15.1. The van der Waals surface area contributed by atoms with Crippen LogP contribution in [0.4, 0.5) is 17.3 Å². The number of anilines is 3. The molecule has 0 saturated carbocycles. The molecule has 0 atom stereocenters. The maximum atomic E-state index is 12.5. The summed E-state index contributed by atoms with van der Waals surface area (Å²) in [7, 11) is 4.92. The van der Waals surface area contributed by atoms with Crippen LogP contribution in [0.5, 0.6) is 0 Å². The minimum atomic E-state index is -1.12. The van der Waals surface area contributed by atoms with E-state index >= 15 is 0 Å². The molecule has 0 radical (unpaired) electrons. The van der Waals surface area contributed by atoms with Gasteiger partial charge in [0.05, 0.1) is 5.69 Å². The molecule has 32 heavy (non-hydrogen) atoms. The van der Waals surface area contributed by atoms with Crippen LogP contribution in [0.15, 0.2) is 36.8 Å². The van der Waals surface area contributed by atoms with Crippen molar-refractivity contribution in [3.05, 3.63) is 48.3 Å². The maximum absolute atomic E-state index is 12.5. The summed E-state index contributed by atoms with van der Waals surface area (Å²) in [5.41, 5.74) is 0.317. The second-order valence-electron chi connectivity index (χ2n) is 7.15. The Labute approximate surface area is 182 Å². The lowest BCUT2D eigenvalue weighted by molar-refractivity contribution is -0.121. The summed E-state index contributed by atoms with van der Waals surface area (Å²) in [6, 6.07) is 4.86. The number of carbonyl (C=O) groups excluding carboxylic acids is 3. The summed E-state index contributed by atoms with van der Waals surface area (Å²) in [5.74, 6) is -1.61. The Morgan fingerprint density at radius 3 is 2.22 bits per heavy atom. The Morgan fingerprint density at radius 2 is 1.62 bits per heavy atom. The van der Waals surface area contributed by atoms with Crippen LogP contribution in [0.25, 0.3) is 0 Å². The van der Waals surface area contributed by atoms with Crippen LogP contribution in [-0.2, 0) is 30.7 Å². The van der Waals surface area contributed by atoms with Crippen LogP contribution in [-0.4, -0.2) is 47.5 Å². The van der Waals surface area contributed by atoms with Crippen molar-refractivity contribution in [1.29, 1.82) is 0 Å². The molecule has 3 amide bonds. The van der Waals surface area contributed by atoms with Crippen LogP contribution < -0.4 is 16.0 Å². The highest BCUT2D eigenvalue weighted by Gasteiger charge is 2.18. The fourth-order valence-corrected chi connectivity index (χ4v) is 3.00. The molecule has 0 saturated heterocycles. The normalized spacial score (nSPS) is 10.6. The molecule has 3 rings (SSSR count). The molecule has 0 aromatic carbocycles. The average Bonchev–Trinajstić information content (AvgIpc) is 3.39. The van der Waals surface area contributed by atoms with Crippen molar-refractivity contribution >= 4 is 41.0 Å². The fourth-order valence-electron chi connectivity index (χ4n) is 3.00. The van der Waals surface area contributed by atoms with Gasteiger partial charge in [-0.1, -0.05) is 0 Å². The van der Waals surface area contributed by atoms with Crippen LogP contribution in [0.1, 0.15) is 33.9 Å². The van der Waals surface area contributed by atoms with E-state index in [9.17, 15) is 19.2 Å². The molecule has 0 fully saturated rings. The number of carboxylic acid groups (broad SMARTS) is 1. The number of aromatic carboxylic acids is 1. The highest BCUT2D eigenvalue weighted by molar-refractivity contribution is 6.03. The monoisotopic (exact) mass is 441 g/mol. The molecule has 0 unspecified atom stereocenters. The van der Waals surface area contributed by atoms with Gasteiger partial charge in [-0.3, -0.25) is 14.4 Å². The van der Waals surface area contributed by atoms with Crippen molar-refractivity contribution in [3.63, 3.8) is 0 Å². The van der Waals surface area contributed by atoms with E-state index in [0.717, 1.165) is 0 Å². The van der Waals surface area contributed by atoms with Gasteiger partial charge in [0.15, 0.2) is 5.82 Å². The molecular formula is C20H23N7O5. The van der Waals surface area contributed by atoms with Crippen molar-refractivity contribution in [2.75, 3.05) is 16.0 Å². The number of carbonyl (C=O) groups is 4. The number of carboxylic acids is 1. The second kappa shape index (κ2) is 9.20. The largest absolute Gasteiger partial charge is 0.477 e. The van der Waals surface area contributed by atoms with E-state index in [4.69, 9.17) is 5.11 Å². The van der Waals surface area contributed by atoms with E-state index in [1.54, 1.807) is 44.0 Å². The smallest absolute Gasteiger partial charge is 0.352 e. The van der Waals surface area contributed by atoms with Crippen LogP contribution in [0.2, 0.25) is 0 Å². The molecule has 12 nitrogen and oxygen atoms in total. The first-order valence-electron chi connectivity index (χ1n) is 9.59. The SMILES string of the molecule is Cn1cccc1NC(=O)CCC(=O)Nc1cn(C)c(C(=O)Nc2cc(C(=O)O)n(C)c2)n1. The number of hydrogen-bond acceptors (Lipinski definition) is 5. The number of nitrogens with zero attached hydrogens (tertiary/aromatic N) is 4. The quantitative estimate of drug-likeness (QED) is 0.415. The van der Waals surface area contributed by atoms with E-state index < -0.39 is 17.8 Å². The van der Waals surface area contributed by atoms with Crippen molar-refractivity contribution in [1.82, 2.24) is 18.7 Å². The predicted octanol–water partition coefficient (Wildman–Crippen LogP) is 1.40. The number of amides is 3. The molecule has 3 aromatic rings. The van der Waals surface area contributed by atoms with Gasteiger partial charge >= 0.3 is 5.97 Å². The number of imidazole rings is 1. The Kier molecular flexibility index (Phi) is 6.42. The fraction of sp³-hybridized carbons (Fsp3) is 0.250. The summed E-state index contributed by atoms with van der Waals surface area (Å²) >= 11 is 0. The van der Waals surface area contributed by atoms with Crippen molar-refractivity contribution < 1.29 is 24.3 Å². The first kappa shape index (κ1) is 22.3. The Hall–Kier alpha value is -4.35. The molecule has 4 N–H and O–H groups in total. The summed E-state index contributed by atoms with van der Waals surface area (Å²) in [4.78, 5) is 51.9. The summed E-state index contributed by atoms with van der Waals surface area (Å²) in [5, 5.41) is 16.9. The van der Waals surface area contributed by atoms with Gasteiger partial charge in [-0.2, -0.15) is 0 Å². The minimum absolute atomic E-state index is 0.0162. The number of aromatic nitrogens is 4. The number of nitrogens with one attached hydrogen (secondary N) is 3. The van der Waals surface area contributed by atoms with Crippen LogP contribution in [0.3, 0.4) is 0 Å². The van der Waals surface area contributed by atoms with Crippen LogP contribution >= 0.6 is 0 Å². The van der Waals surface area contributed by atoms with Gasteiger partial charge in [0.2, 0.25) is 17.6 Å². The van der Waals surface area contributed by atoms with Gasteiger partial charge in [-0.05, 0) is 18.2 Å². The number of rotatable bonds is 8. The molecule has 0 aliphatic heterocycles. The minimum Gasteiger partial charge on any atom is -0.477 e. The highest BCUT2D eigenvalue weighted by atomic mass is 16.4. The van der Waals surface area contributed by atoms with Gasteiger partial charge in [0.25, 0.3) is 5.91 Å². The lowest BCUT2D eigenvalue weighted by Gasteiger charge is -2.06. The maximum Gasteiger partial charge on any atom is 0.352 e. The number of aryl methyl sites for hydroxylation is 3. The summed E-state index contributed by atoms with van der Waals surface area (Å²) in [6.07, 6.45) is 4.64. The first-order valence-corrected chi connectivity index (χ1v) is 9.59. The summed E-state index contributed by atoms with van der Waals surface area (Å²) in [6.45, 7) is 0. The topological polar surface area (TPSA) is 152 Å². The zero-order valence-electron chi connectivity index (χ0n) is 17.7. The molecule has 12 heteroatoms. The van der Waals surface area contributed by atoms with Crippen LogP contribution in [0, 0.1) is 0 Å². The van der Waals surface area contributed by atoms with E-state index in [0.29, 0.717) is 11.5 Å². The average molecular weight is 441 g/mol. The van der Waals surface area contributed by atoms with Gasteiger partial charge in [-0.15, -0.1) is 0 Å². The zero-order valence-corrected chi connectivity index (χ0v) is 17.7. The Bertz CT molecular complexity index is 1190. The molecule has 3 aromatic heterocycles. The number of hydrogen-bond donors (Lipinski definition) is 4. The van der Waals surface area contributed by atoms with Gasteiger partial charge in [0, 0.05) is 52.6 Å². The zero-order chi connectivity index (χ0) is 23.4. The van der Waals surface area contributed by atoms with Gasteiger partial charge in [0.1, 0.15) is 11.5 Å². The van der Waals surface area contributed by atoms with E-state index in [1.807, 2.05) is 0 Å². The van der Waals surface area contributed by atoms with Crippen molar-refractivity contribution in [2.45, 2.75) is 12.8 Å². The molecule has 3 heterocycles. The molecule has 168 valence electrons. The lowest BCUT2D eigenvalue weighted by atomic mass is 10.3. The van der Waals surface area contributed by atoms with Gasteiger partial charge < -0.3 is 34.8 Å². The van der Waals surface area contributed by atoms with E-state index in [-0.39, 0.29) is 36.1 Å². The van der Waals surface area contributed by atoms with Gasteiger partial charge in [-0.25, -0.2) is 9.78 Å². The van der Waals surface area contributed by atoms with Crippen molar-refractivity contribution in [3.8, 4) is 0 Å². The molecule has 0 bridgehead atoms. The third-order valence-electron chi connectivity index (χ3n) is 4.62.